The monoisotopic (exact) mass is 277 g/mol. The molecule has 1 rings (SSSR count). The van der Waals surface area contributed by atoms with Crippen molar-refractivity contribution in [2.75, 3.05) is 20.3 Å². The fraction of sp³-hybridized carbons (Fsp3) is 0.538. The molecule has 0 aliphatic carbocycles. The van der Waals surface area contributed by atoms with Crippen molar-refractivity contribution < 1.29 is 23.0 Å². The predicted octanol–water partition coefficient (Wildman–Crippen LogP) is 2.20. The number of hydrogen-bond acceptors (Lipinski definition) is 3. The summed E-state index contributed by atoms with van der Waals surface area (Å²) in [4.78, 5) is 0. The first-order valence-electron chi connectivity index (χ1n) is 5.88. The van der Waals surface area contributed by atoms with Crippen molar-refractivity contribution in [3.63, 3.8) is 0 Å². The summed E-state index contributed by atoms with van der Waals surface area (Å²) >= 11 is 0. The number of aliphatic hydroxyl groups excluding tert-OH is 1. The third kappa shape index (κ3) is 5.18. The van der Waals surface area contributed by atoms with Gasteiger partial charge in [0.2, 0.25) is 0 Å². The van der Waals surface area contributed by atoms with E-state index in [9.17, 15) is 18.3 Å². The zero-order valence-electron chi connectivity index (χ0n) is 10.9. The lowest BCUT2D eigenvalue weighted by Gasteiger charge is -2.23. The van der Waals surface area contributed by atoms with Crippen molar-refractivity contribution in [3.05, 3.63) is 35.4 Å². The molecule has 1 aromatic rings. The number of hydrogen-bond donors (Lipinski definition) is 2. The molecule has 0 amide bonds. The Hall–Kier alpha value is -1.11. The van der Waals surface area contributed by atoms with E-state index in [0.717, 1.165) is 5.56 Å². The van der Waals surface area contributed by atoms with E-state index < -0.39 is 18.3 Å². The van der Waals surface area contributed by atoms with Crippen LogP contribution in [0.15, 0.2) is 24.3 Å². The van der Waals surface area contributed by atoms with Crippen LogP contribution in [0.2, 0.25) is 0 Å². The SMILES string of the molecule is COC[C@@H](O)CNC(c1cccc(C)c1)C(F)(F)F. The number of methoxy groups -OCH3 is 1. The highest BCUT2D eigenvalue weighted by atomic mass is 19.4. The van der Waals surface area contributed by atoms with Gasteiger partial charge in [0.05, 0.1) is 12.7 Å². The van der Waals surface area contributed by atoms with Crippen LogP contribution in [0.1, 0.15) is 17.2 Å². The molecule has 108 valence electrons. The first kappa shape index (κ1) is 15.9. The molecule has 0 aliphatic rings. The van der Waals surface area contributed by atoms with E-state index in [1.807, 2.05) is 0 Å². The summed E-state index contributed by atoms with van der Waals surface area (Å²) in [5.74, 6) is 0. The molecule has 0 spiro atoms. The summed E-state index contributed by atoms with van der Waals surface area (Å²) < 4.78 is 43.7. The molecule has 0 bridgehead atoms. The maximum absolute atomic E-state index is 13.0. The van der Waals surface area contributed by atoms with Crippen molar-refractivity contribution >= 4 is 0 Å². The first-order chi connectivity index (χ1) is 8.84. The fourth-order valence-electron chi connectivity index (χ4n) is 1.78. The lowest BCUT2D eigenvalue weighted by Crippen LogP contribution is -2.39. The highest BCUT2D eigenvalue weighted by Gasteiger charge is 2.40. The van der Waals surface area contributed by atoms with Gasteiger partial charge in [0.25, 0.3) is 0 Å². The summed E-state index contributed by atoms with van der Waals surface area (Å²) in [6.45, 7) is 1.54. The minimum absolute atomic E-state index is 0.00854. The summed E-state index contributed by atoms with van der Waals surface area (Å²) in [7, 11) is 1.38. The van der Waals surface area contributed by atoms with Crippen molar-refractivity contribution in [1.29, 1.82) is 0 Å². The van der Waals surface area contributed by atoms with Crippen LogP contribution in [0.4, 0.5) is 13.2 Å². The molecular weight excluding hydrogens is 259 g/mol. The fourth-order valence-corrected chi connectivity index (χ4v) is 1.78. The molecule has 6 heteroatoms. The van der Waals surface area contributed by atoms with Crippen LogP contribution in [0.5, 0.6) is 0 Å². The normalized spacial score (nSPS) is 15.3. The van der Waals surface area contributed by atoms with Crippen LogP contribution in [-0.4, -0.2) is 37.6 Å². The average molecular weight is 277 g/mol. The third-order valence-electron chi connectivity index (χ3n) is 2.62. The molecule has 0 fully saturated rings. The van der Waals surface area contributed by atoms with E-state index >= 15 is 0 Å². The number of rotatable bonds is 6. The first-order valence-corrected chi connectivity index (χ1v) is 5.88. The van der Waals surface area contributed by atoms with Gasteiger partial charge in [0, 0.05) is 13.7 Å². The minimum Gasteiger partial charge on any atom is -0.389 e. The molecule has 3 nitrogen and oxygen atoms in total. The Morgan fingerprint density at radius 1 is 1.37 bits per heavy atom. The summed E-state index contributed by atoms with van der Waals surface area (Å²) in [5.41, 5.74) is 0.892. The van der Waals surface area contributed by atoms with E-state index in [-0.39, 0.29) is 18.7 Å². The van der Waals surface area contributed by atoms with Gasteiger partial charge >= 0.3 is 6.18 Å². The van der Waals surface area contributed by atoms with Gasteiger partial charge in [-0.25, -0.2) is 0 Å². The van der Waals surface area contributed by atoms with Crippen molar-refractivity contribution in [2.24, 2.45) is 0 Å². The Bertz CT molecular complexity index is 396. The molecule has 0 saturated carbocycles. The molecule has 1 unspecified atom stereocenters. The smallest absolute Gasteiger partial charge is 0.389 e. The number of aliphatic hydroxyl groups is 1. The third-order valence-corrected chi connectivity index (χ3v) is 2.62. The van der Waals surface area contributed by atoms with Gasteiger partial charge in [0.15, 0.2) is 0 Å². The molecule has 19 heavy (non-hydrogen) atoms. The summed E-state index contributed by atoms with van der Waals surface area (Å²) in [6, 6.07) is 4.42. The molecule has 0 aliphatic heterocycles. The van der Waals surface area contributed by atoms with Gasteiger partial charge in [0.1, 0.15) is 6.04 Å². The molecular formula is C13H18F3NO2. The highest BCUT2D eigenvalue weighted by Crippen LogP contribution is 2.32. The largest absolute Gasteiger partial charge is 0.407 e. The van der Waals surface area contributed by atoms with Crippen LogP contribution in [0.25, 0.3) is 0 Å². The van der Waals surface area contributed by atoms with Crippen LogP contribution in [0.3, 0.4) is 0 Å². The quantitative estimate of drug-likeness (QED) is 0.837. The lowest BCUT2D eigenvalue weighted by atomic mass is 10.0. The van der Waals surface area contributed by atoms with Gasteiger partial charge in [-0.1, -0.05) is 29.8 Å². The minimum atomic E-state index is -4.42. The molecule has 0 heterocycles. The predicted molar refractivity (Wildman–Crippen MR) is 65.9 cm³/mol. The van der Waals surface area contributed by atoms with Gasteiger partial charge in [-0.05, 0) is 12.5 Å². The molecule has 0 saturated heterocycles. The van der Waals surface area contributed by atoms with Crippen LogP contribution >= 0.6 is 0 Å². The number of ether oxygens (including phenoxy) is 1. The summed E-state index contributed by atoms with van der Waals surface area (Å²) in [5, 5.41) is 11.7. The van der Waals surface area contributed by atoms with Gasteiger partial charge in [-0.3, -0.25) is 5.32 Å². The molecule has 2 atom stereocenters. The van der Waals surface area contributed by atoms with E-state index in [4.69, 9.17) is 0 Å². The second-order valence-electron chi connectivity index (χ2n) is 4.41. The van der Waals surface area contributed by atoms with E-state index in [1.165, 1.54) is 19.2 Å². The van der Waals surface area contributed by atoms with E-state index in [2.05, 4.69) is 10.1 Å². The molecule has 0 radical (unpaired) electrons. The summed E-state index contributed by atoms with van der Waals surface area (Å²) in [6.07, 6.45) is -5.39. The Morgan fingerprint density at radius 2 is 2.05 bits per heavy atom. The Labute approximate surface area is 110 Å². The Morgan fingerprint density at radius 3 is 2.58 bits per heavy atom. The maximum atomic E-state index is 13.0. The van der Waals surface area contributed by atoms with Crippen LogP contribution < -0.4 is 5.32 Å². The second kappa shape index (κ2) is 6.88. The van der Waals surface area contributed by atoms with Crippen molar-refractivity contribution in [3.8, 4) is 0 Å². The number of halogens is 3. The number of alkyl halides is 3. The van der Waals surface area contributed by atoms with Crippen molar-refractivity contribution in [1.82, 2.24) is 5.32 Å². The average Bonchev–Trinajstić information content (AvgIpc) is 2.27. The number of benzene rings is 1. The van der Waals surface area contributed by atoms with E-state index in [1.54, 1.807) is 19.1 Å². The molecule has 0 aromatic heterocycles. The van der Waals surface area contributed by atoms with E-state index in [0.29, 0.717) is 0 Å². The van der Waals surface area contributed by atoms with Crippen LogP contribution in [0, 0.1) is 6.92 Å². The number of aryl methyl sites for hydroxylation is 1. The topological polar surface area (TPSA) is 41.5 Å². The maximum Gasteiger partial charge on any atom is 0.407 e. The number of nitrogens with one attached hydrogen (secondary N) is 1. The Balaban J connectivity index is 2.79. The molecule has 1 aromatic carbocycles. The van der Waals surface area contributed by atoms with Gasteiger partial charge in [-0.15, -0.1) is 0 Å². The zero-order valence-corrected chi connectivity index (χ0v) is 10.9. The lowest BCUT2D eigenvalue weighted by molar-refractivity contribution is -0.159. The Kier molecular flexibility index (Phi) is 5.78. The van der Waals surface area contributed by atoms with Gasteiger partial charge in [-0.2, -0.15) is 13.2 Å². The standard InChI is InChI=1S/C13H18F3NO2/c1-9-4-3-5-10(6-9)12(13(14,15)16)17-7-11(18)8-19-2/h3-6,11-12,17-18H,7-8H2,1-2H3/t11-,12?/m0/s1. The van der Waals surface area contributed by atoms with Crippen molar-refractivity contribution in [2.45, 2.75) is 25.2 Å². The van der Waals surface area contributed by atoms with Gasteiger partial charge < -0.3 is 9.84 Å². The second-order valence-corrected chi connectivity index (χ2v) is 4.41. The highest BCUT2D eigenvalue weighted by molar-refractivity contribution is 5.26. The molecule has 2 N–H and O–H groups in total. The van der Waals surface area contributed by atoms with Crippen LogP contribution in [-0.2, 0) is 4.74 Å². The zero-order chi connectivity index (χ0) is 14.5.